The zero-order valence-corrected chi connectivity index (χ0v) is 11.5. The van der Waals surface area contributed by atoms with E-state index in [0.717, 1.165) is 0 Å². The average molecular weight is 300 g/mol. The molecule has 1 aromatic carbocycles. The van der Waals surface area contributed by atoms with Crippen LogP contribution in [0.15, 0.2) is 55.2 Å². The minimum atomic E-state index is -0.318. The van der Waals surface area contributed by atoms with Crippen LogP contribution in [0.25, 0.3) is 5.95 Å². The maximum Gasteiger partial charge on any atom is 0.274 e. The Kier molecular flexibility index (Phi) is 3.61. The van der Waals surface area contributed by atoms with Gasteiger partial charge in [-0.05, 0) is 30.3 Å². The molecular formula is C14H10ClN5O. The van der Waals surface area contributed by atoms with Crippen LogP contribution in [-0.4, -0.2) is 25.4 Å². The third-order valence-electron chi connectivity index (χ3n) is 2.71. The van der Waals surface area contributed by atoms with Crippen LogP contribution in [0.4, 0.5) is 5.69 Å². The molecule has 3 rings (SSSR count). The van der Waals surface area contributed by atoms with Crippen LogP contribution in [-0.2, 0) is 0 Å². The molecule has 0 saturated carbocycles. The van der Waals surface area contributed by atoms with Gasteiger partial charge >= 0.3 is 0 Å². The monoisotopic (exact) mass is 299 g/mol. The van der Waals surface area contributed by atoms with Gasteiger partial charge in [-0.1, -0.05) is 11.6 Å². The van der Waals surface area contributed by atoms with Gasteiger partial charge in [-0.15, -0.1) is 0 Å². The van der Waals surface area contributed by atoms with Crippen molar-refractivity contribution in [3.8, 4) is 5.95 Å². The van der Waals surface area contributed by atoms with Crippen molar-refractivity contribution in [3.63, 3.8) is 0 Å². The van der Waals surface area contributed by atoms with E-state index in [0.29, 0.717) is 16.7 Å². The highest BCUT2D eigenvalue weighted by molar-refractivity contribution is 6.30. The van der Waals surface area contributed by atoms with Crippen LogP contribution in [0.3, 0.4) is 0 Å². The van der Waals surface area contributed by atoms with E-state index >= 15 is 0 Å². The van der Waals surface area contributed by atoms with E-state index in [-0.39, 0.29) is 11.6 Å². The van der Waals surface area contributed by atoms with Crippen molar-refractivity contribution in [1.82, 2.24) is 19.5 Å². The molecule has 0 radical (unpaired) electrons. The minimum Gasteiger partial charge on any atom is -0.321 e. The Balaban J connectivity index is 1.81. The zero-order chi connectivity index (χ0) is 14.7. The van der Waals surface area contributed by atoms with Gasteiger partial charge in [0.1, 0.15) is 12.0 Å². The number of carbonyl (C=O) groups is 1. The summed E-state index contributed by atoms with van der Waals surface area (Å²) in [6, 6.07) is 8.39. The number of nitrogens with one attached hydrogen (secondary N) is 1. The van der Waals surface area contributed by atoms with Crippen molar-refractivity contribution in [3.05, 3.63) is 66.0 Å². The maximum absolute atomic E-state index is 12.2. The Labute approximate surface area is 125 Å². The number of hydrogen-bond acceptors (Lipinski definition) is 4. The average Bonchev–Trinajstić information content (AvgIpc) is 3.04. The molecule has 2 aromatic heterocycles. The molecule has 0 unspecified atom stereocenters. The van der Waals surface area contributed by atoms with Crippen molar-refractivity contribution in [2.24, 2.45) is 0 Å². The minimum absolute atomic E-state index is 0.267. The van der Waals surface area contributed by atoms with E-state index in [1.165, 1.54) is 6.20 Å². The second-order valence-corrected chi connectivity index (χ2v) is 4.61. The molecule has 0 aliphatic carbocycles. The second kappa shape index (κ2) is 5.72. The lowest BCUT2D eigenvalue weighted by molar-refractivity contribution is 0.102. The lowest BCUT2D eigenvalue weighted by atomic mass is 10.3. The number of imidazole rings is 1. The SMILES string of the molecule is O=C(Nc1ccc(Cl)cc1)c1ccnc(-n2ccnc2)n1. The van der Waals surface area contributed by atoms with Gasteiger partial charge in [-0.2, -0.15) is 0 Å². The molecule has 0 atom stereocenters. The van der Waals surface area contributed by atoms with E-state index in [1.54, 1.807) is 53.6 Å². The Morgan fingerprint density at radius 2 is 1.95 bits per heavy atom. The fourth-order valence-electron chi connectivity index (χ4n) is 1.71. The number of amides is 1. The highest BCUT2D eigenvalue weighted by Crippen LogP contribution is 2.14. The summed E-state index contributed by atoms with van der Waals surface area (Å²) in [6.07, 6.45) is 6.41. The van der Waals surface area contributed by atoms with Gasteiger partial charge in [0.25, 0.3) is 5.91 Å². The highest BCUT2D eigenvalue weighted by Gasteiger charge is 2.10. The smallest absolute Gasteiger partial charge is 0.274 e. The first kappa shape index (κ1) is 13.3. The van der Waals surface area contributed by atoms with Gasteiger partial charge < -0.3 is 5.32 Å². The summed E-state index contributed by atoms with van der Waals surface area (Å²) >= 11 is 5.80. The Hall–Kier alpha value is -2.73. The molecule has 3 aromatic rings. The van der Waals surface area contributed by atoms with Gasteiger partial charge in [0, 0.05) is 29.3 Å². The number of hydrogen-bond donors (Lipinski definition) is 1. The summed E-state index contributed by atoms with van der Waals surface area (Å²) in [7, 11) is 0. The number of benzene rings is 1. The first-order valence-corrected chi connectivity index (χ1v) is 6.48. The standard InChI is InChI=1S/C14H10ClN5O/c15-10-1-3-11(4-2-10)18-13(21)12-5-6-17-14(19-12)20-8-7-16-9-20/h1-9H,(H,18,21). The van der Waals surface area contributed by atoms with Crippen LogP contribution in [0.5, 0.6) is 0 Å². The summed E-state index contributed by atoms with van der Waals surface area (Å²) in [5.41, 5.74) is 0.913. The molecular weight excluding hydrogens is 290 g/mol. The predicted octanol–water partition coefficient (Wildman–Crippen LogP) is 2.57. The van der Waals surface area contributed by atoms with Gasteiger partial charge in [-0.25, -0.2) is 15.0 Å². The Morgan fingerprint density at radius 1 is 1.14 bits per heavy atom. The molecule has 6 nitrogen and oxygen atoms in total. The molecule has 0 spiro atoms. The third kappa shape index (κ3) is 3.06. The largest absolute Gasteiger partial charge is 0.321 e. The molecule has 0 saturated heterocycles. The topological polar surface area (TPSA) is 72.7 Å². The summed E-state index contributed by atoms with van der Waals surface area (Å²) < 4.78 is 1.62. The summed E-state index contributed by atoms with van der Waals surface area (Å²) in [5, 5.41) is 3.35. The molecule has 1 amide bonds. The van der Waals surface area contributed by atoms with Crippen LogP contribution in [0.1, 0.15) is 10.5 Å². The van der Waals surface area contributed by atoms with E-state index in [9.17, 15) is 4.79 Å². The lowest BCUT2D eigenvalue weighted by Gasteiger charge is -2.06. The predicted molar refractivity (Wildman–Crippen MR) is 78.6 cm³/mol. The van der Waals surface area contributed by atoms with Crippen LogP contribution < -0.4 is 5.32 Å². The van der Waals surface area contributed by atoms with E-state index in [1.807, 2.05) is 0 Å². The van der Waals surface area contributed by atoms with Gasteiger partial charge in [-0.3, -0.25) is 9.36 Å². The summed E-state index contributed by atoms with van der Waals surface area (Å²) in [6.45, 7) is 0. The van der Waals surface area contributed by atoms with Gasteiger partial charge in [0.05, 0.1) is 0 Å². The quantitative estimate of drug-likeness (QED) is 0.806. The third-order valence-corrected chi connectivity index (χ3v) is 2.96. The Morgan fingerprint density at radius 3 is 2.67 bits per heavy atom. The van der Waals surface area contributed by atoms with E-state index < -0.39 is 0 Å². The molecule has 21 heavy (non-hydrogen) atoms. The molecule has 0 aliphatic rings. The maximum atomic E-state index is 12.2. The van der Waals surface area contributed by atoms with E-state index in [2.05, 4.69) is 20.3 Å². The normalized spacial score (nSPS) is 10.3. The molecule has 1 N–H and O–H groups in total. The highest BCUT2D eigenvalue weighted by atomic mass is 35.5. The van der Waals surface area contributed by atoms with Crippen molar-refractivity contribution in [2.45, 2.75) is 0 Å². The van der Waals surface area contributed by atoms with Crippen molar-refractivity contribution >= 4 is 23.2 Å². The van der Waals surface area contributed by atoms with Crippen molar-refractivity contribution in [2.75, 3.05) is 5.32 Å². The fraction of sp³-hybridized carbons (Fsp3) is 0. The number of rotatable bonds is 3. The number of halogens is 1. The van der Waals surface area contributed by atoms with Crippen molar-refractivity contribution < 1.29 is 4.79 Å². The number of carbonyl (C=O) groups excluding carboxylic acids is 1. The number of nitrogens with zero attached hydrogens (tertiary/aromatic N) is 4. The van der Waals surface area contributed by atoms with Gasteiger partial charge in [0.15, 0.2) is 0 Å². The van der Waals surface area contributed by atoms with Gasteiger partial charge in [0.2, 0.25) is 5.95 Å². The number of aromatic nitrogens is 4. The van der Waals surface area contributed by atoms with E-state index in [4.69, 9.17) is 11.6 Å². The first-order valence-electron chi connectivity index (χ1n) is 6.11. The summed E-state index contributed by atoms with van der Waals surface area (Å²) in [4.78, 5) is 24.4. The number of anilines is 1. The van der Waals surface area contributed by atoms with Crippen LogP contribution in [0, 0.1) is 0 Å². The van der Waals surface area contributed by atoms with Crippen molar-refractivity contribution in [1.29, 1.82) is 0 Å². The molecule has 7 heteroatoms. The zero-order valence-electron chi connectivity index (χ0n) is 10.8. The fourth-order valence-corrected chi connectivity index (χ4v) is 1.83. The molecule has 0 fully saturated rings. The van der Waals surface area contributed by atoms with Crippen LogP contribution >= 0.6 is 11.6 Å². The first-order chi connectivity index (χ1) is 10.2. The molecule has 104 valence electrons. The molecule has 2 heterocycles. The molecule has 0 aliphatic heterocycles. The summed E-state index contributed by atoms with van der Waals surface area (Å²) in [5.74, 6) is 0.0670. The lowest BCUT2D eigenvalue weighted by Crippen LogP contribution is -2.15. The Bertz CT molecular complexity index is 755. The van der Waals surface area contributed by atoms with Crippen LogP contribution in [0.2, 0.25) is 5.02 Å². The second-order valence-electron chi connectivity index (χ2n) is 4.17. The molecule has 0 bridgehead atoms.